The van der Waals surface area contributed by atoms with E-state index < -0.39 is 17.6 Å². The first-order valence-corrected chi connectivity index (χ1v) is 11.3. The van der Waals surface area contributed by atoms with E-state index in [1.54, 1.807) is 12.0 Å². The number of carbonyl (C=O) groups is 2. The average Bonchev–Trinajstić information content (AvgIpc) is 3.31. The maximum absolute atomic E-state index is 12.9. The third-order valence-electron chi connectivity index (χ3n) is 5.39. The molecule has 2 amide bonds. The Bertz CT molecular complexity index is 1190. The van der Waals surface area contributed by atoms with Crippen molar-refractivity contribution in [3.63, 3.8) is 0 Å². The van der Waals surface area contributed by atoms with Crippen LogP contribution in [0.3, 0.4) is 0 Å². The Hall–Kier alpha value is -3.60. The lowest BCUT2D eigenvalue weighted by atomic mass is 10.1. The molecule has 1 aromatic heterocycles. The van der Waals surface area contributed by atoms with Gasteiger partial charge in [0, 0.05) is 37.1 Å². The van der Waals surface area contributed by atoms with Gasteiger partial charge >= 0.3 is 6.18 Å². The molecule has 0 radical (unpaired) electrons. The van der Waals surface area contributed by atoms with Crippen molar-refractivity contribution < 1.29 is 27.5 Å². The van der Waals surface area contributed by atoms with Crippen molar-refractivity contribution in [2.75, 3.05) is 43.5 Å². The zero-order valence-corrected chi connectivity index (χ0v) is 18.9. The van der Waals surface area contributed by atoms with Crippen LogP contribution in [0.4, 0.5) is 24.0 Å². The predicted octanol–water partition coefficient (Wildman–Crippen LogP) is 4.39. The van der Waals surface area contributed by atoms with Crippen LogP contribution in [0.15, 0.2) is 53.9 Å². The fourth-order valence-corrected chi connectivity index (χ4v) is 4.32. The van der Waals surface area contributed by atoms with Gasteiger partial charge in [-0.15, -0.1) is 11.3 Å². The molecule has 178 valence electrons. The Morgan fingerprint density at radius 2 is 1.79 bits per heavy atom. The number of hydrogen-bond donors (Lipinski definition) is 1. The van der Waals surface area contributed by atoms with Crippen LogP contribution < -0.4 is 15.0 Å². The smallest absolute Gasteiger partial charge is 0.416 e. The summed E-state index contributed by atoms with van der Waals surface area (Å²) in [5, 5.41) is 4.13. The molecular formula is C23H21F3N4O3S. The number of hydrogen-bond acceptors (Lipinski definition) is 6. The zero-order valence-electron chi connectivity index (χ0n) is 18.1. The van der Waals surface area contributed by atoms with Gasteiger partial charge in [-0.2, -0.15) is 13.2 Å². The average molecular weight is 491 g/mol. The number of para-hydroxylation sites is 2. The minimum atomic E-state index is -4.55. The molecule has 2 aromatic carbocycles. The van der Waals surface area contributed by atoms with Crippen molar-refractivity contribution >= 4 is 34.0 Å². The highest BCUT2D eigenvalue weighted by atomic mass is 32.1. The molecule has 0 aliphatic carbocycles. The molecule has 1 N–H and O–H groups in total. The maximum Gasteiger partial charge on any atom is 0.416 e. The van der Waals surface area contributed by atoms with Crippen LogP contribution in [-0.2, 0) is 6.18 Å². The summed E-state index contributed by atoms with van der Waals surface area (Å²) in [7, 11) is 1.62. The van der Waals surface area contributed by atoms with Crippen LogP contribution in [0.5, 0.6) is 5.75 Å². The first-order chi connectivity index (χ1) is 16.3. The molecule has 3 aromatic rings. The van der Waals surface area contributed by atoms with Gasteiger partial charge < -0.3 is 14.5 Å². The van der Waals surface area contributed by atoms with E-state index in [1.807, 2.05) is 24.3 Å². The maximum atomic E-state index is 12.9. The number of thiazole rings is 1. The minimum absolute atomic E-state index is 0.137. The van der Waals surface area contributed by atoms with Gasteiger partial charge in [-0.25, -0.2) is 4.98 Å². The number of nitrogens with zero attached hydrogens (tertiary/aromatic N) is 3. The molecule has 34 heavy (non-hydrogen) atoms. The SMILES string of the molecule is COc1ccccc1N1CCN(C(=O)c2csc(NC(=O)c3cccc(C(F)(F)F)c3)n2)CC1. The topological polar surface area (TPSA) is 74.8 Å². The minimum Gasteiger partial charge on any atom is -0.495 e. The molecule has 0 atom stereocenters. The molecular weight excluding hydrogens is 469 g/mol. The molecule has 0 saturated carbocycles. The van der Waals surface area contributed by atoms with E-state index in [0.717, 1.165) is 34.9 Å². The second-order valence-electron chi connectivity index (χ2n) is 7.52. The molecule has 1 fully saturated rings. The number of amides is 2. The van der Waals surface area contributed by atoms with Crippen molar-refractivity contribution in [2.24, 2.45) is 0 Å². The lowest BCUT2D eigenvalue weighted by Gasteiger charge is -2.36. The van der Waals surface area contributed by atoms with Crippen molar-refractivity contribution in [1.29, 1.82) is 0 Å². The highest BCUT2D eigenvalue weighted by Crippen LogP contribution is 2.30. The van der Waals surface area contributed by atoms with E-state index in [9.17, 15) is 22.8 Å². The van der Waals surface area contributed by atoms with Gasteiger partial charge in [-0.05, 0) is 30.3 Å². The normalized spacial score (nSPS) is 14.1. The molecule has 7 nitrogen and oxygen atoms in total. The molecule has 0 bridgehead atoms. The van der Waals surface area contributed by atoms with E-state index in [-0.39, 0.29) is 22.3 Å². The van der Waals surface area contributed by atoms with Crippen LogP contribution in [-0.4, -0.2) is 55.0 Å². The van der Waals surface area contributed by atoms with Gasteiger partial charge in [0.25, 0.3) is 11.8 Å². The van der Waals surface area contributed by atoms with E-state index in [0.29, 0.717) is 26.2 Å². The standard InChI is InChI=1S/C23H21F3N4O3S/c1-33-19-8-3-2-7-18(19)29-9-11-30(12-10-29)21(32)17-14-34-22(27-17)28-20(31)15-5-4-6-16(13-15)23(24,25)26/h2-8,13-14H,9-12H2,1H3,(H,27,28,31). The van der Waals surface area contributed by atoms with E-state index >= 15 is 0 Å². The first-order valence-electron chi connectivity index (χ1n) is 10.4. The van der Waals surface area contributed by atoms with Crippen LogP contribution in [0.2, 0.25) is 0 Å². The number of carbonyl (C=O) groups excluding carboxylic acids is 2. The molecule has 4 rings (SSSR count). The summed E-state index contributed by atoms with van der Waals surface area (Å²) >= 11 is 1.04. The summed E-state index contributed by atoms with van der Waals surface area (Å²) in [5.41, 5.74) is 0.0771. The van der Waals surface area contributed by atoms with Gasteiger partial charge in [0.1, 0.15) is 11.4 Å². The monoisotopic (exact) mass is 490 g/mol. The zero-order chi connectivity index (χ0) is 24.3. The lowest BCUT2D eigenvalue weighted by molar-refractivity contribution is -0.137. The first kappa shape index (κ1) is 23.6. The highest BCUT2D eigenvalue weighted by Gasteiger charge is 2.31. The van der Waals surface area contributed by atoms with Gasteiger partial charge in [0.2, 0.25) is 0 Å². The number of halogens is 3. The Labute approximate surface area is 197 Å². The molecule has 1 aliphatic heterocycles. The van der Waals surface area contributed by atoms with Crippen molar-refractivity contribution in [2.45, 2.75) is 6.18 Å². The van der Waals surface area contributed by atoms with Gasteiger partial charge in [-0.1, -0.05) is 18.2 Å². The number of nitrogens with one attached hydrogen (secondary N) is 1. The second-order valence-corrected chi connectivity index (χ2v) is 8.38. The van der Waals surface area contributed by atoms with Crippen LogP contribution in [0.25, 0.3) is 0 Å². The third kappa shape index (κ3) is 5.14. The van der Waals surface area contributed by atoms with Gasteiger partial charge in [0.15, 0.2) is 5.13 Å². The molecule has 11 heteroatoms. The lowest BCUT2D eigenvalue weighted by Crippen LogP contribution is -2.49. The Balaban J connectivity index is 1.37. The summed E-state index contributed by atoms with van der Waals surface area (Å²) in [4.78, 5) is 33.2. The number of benzene rings is 2. The highest BCUT2D eigenvalue weighted by molar-refractivity contribution is 7.14. The van der Waals surface area contributed by atoms with Crippen LogP contribution in [0, 0.1) is 0 Å². The molecule has 0 unspecified atom stereocenters. The summed E-state index contributed by atoms with van der Waals surface area (Å²) in [5.74, 6) is -0.233. The number of alkyl halides is 3. The van der Waals surface area contributed by atoms with Gasteiger partial charge in [-0.3, -0.25) is 14.9 Å². The van der Waals surface area contributed by atoms with E-state index in [4.69, 9.17) is 4.74 Å². The summed E-state index contributed by atoms with van der Waals surface area (Å²) in [6.45, 7) is 2.21. The molecule has 1 aliphatic rings. The Morgan fingerprint density at radius 3 is 2.50 bits per heavy atom. The van der Waals surface area contributed by atoms with Crippen molar-refractivity contribution in [3.05, 3.63) is 70.7 Å². The number of aromatic nitrogens is 1. The number of methoxy groups -OCH3 is 1. The quantitative estimate of drug-likeness (QED) is 0.575. The van der Waals surface area contributed by atoms with E-state index in [1.165, 1.54) is 17.5 Å². The molecule has 0 spiro atoms. The number of rotatable bonds is 5. The Kier molecular flexibility index (Phi) is 6.73. The summed E-state index contributed by atoms with van der Waals surface area (Å²) < 4.78 is 44.1. The second kappa shape index (κ2) is 9.72. The summed E-state index contributed by atoms with van der Waals surface area (Å²) in [6, 6.07) is 11.8. The predicted molar refractivity (Wildman–Crippen MR) is 123 cm³/mol. The molecule has 2 heterocycles. The third-order valence-corrected chi connectivity index (χ3v) is 6.15. The number of ether oxygens (including phenoxy) is 1. The van der Waals surface area contributed by atoms with E-state index in [2.05, 4.69) is 15.2 Å². The van der Waals surface area contributed by atoms with Gasteiger partial charge in [0.05, 0.1) is 18.4 Å². The largest absolute Gasteiger partial charge is 0.495 e. The van der Waals surface area contributed by atoms with Crippen molar-refractivity contribution in [3.8, 4) is 5.75 Å². The van der Waals surface area contributed by atoms with Crippen molar-refractivity contribution in [1.82, 2.24) is 9.88 Å². The van der Waals surface area contributed by atoms with Crippen LogP contribution >= 0.6 is 11.3 Å². The fraction of sp³-hybridized carbons (Fsp3) is 0.261. The Morgan fingerprint density at radius 1 is 1.06 bits per heavy atom. The molecule has 1 saturated heterocycles. The van der Waals surface area contributed by atoms with Crippen LogP contribution in [0.1, 0.15) is 26.4 Å². The number of piperazine rings is 1. The number of anilines is 2. The summed E-state index contributed by atoms with van der Waals surface area (Å²) in [6.07, 6.45) is -4.55. The fourth-order valence-electron chi connectivity index (χ4n) is 3.64.